The molecule has 0 aliphatic carbocycles. The molecule has 1 aromatic heterocycles. The Hall–Kier alpha value is -0.880. The number of thiophene rings is 1. The summed E-state index contributed by atoms with van der Waals surface area (Å²) in [7, 11) is 0. The number of halogens is 2. The first-order valence-corrected chi connectivity index (χ1v) is 8.16. The second kappa shape index (κ2) is 6.92. The van der Waals surface area contributed by atoms with Crippen LogP contribution in [0.25, 0.3) is 0 Å². The van der Waals surface area contributed by atoms with Gasteiger partial charge in [0.1, 0.15) is 0 Å². The zero-order chi connectivity index (χ0) is 14.1. The van der Waals surface area contributed by atoms with Gasteiger partial charge in [0.05, 0.1) is 9.35 Å². The van der Waals surface area contributed by atoms with Crippen molar-refractivity contribution in [3.05, 3.63) is 56.7 Å². The lowest BCUT2D eigenvalue weighted by Gasteiger charge is -2.15. The van der Waals surface area contributed by atoms with Crippen molar-refractivity contribution in [2.24, 2.45) is 5.73 Å². The van der Waals surface area contributed by atoms with E-state index >= 15 is 0 Å². The van der Waals surface area contributed by atoms with E-state index in [9.17, 15) is 4.79 Å². The molecule has 3 rings (SSSR count). The number of hydrogen-bond acceptors (Lipinski definition) is 3. The lowest BCUT2D eigenvalue weighted by atomic mass is 9.95. The van der Waals surface area contributed by atoms with E-state index in [4.69, 9.17) is 5.73 Å². The third kappa shape index (κ3) is 3.48. The minimum absolute atomic E-state index is 0. The molecule has 1 aliphatic heterocycles. The van der Waals surface area contributed by atoms with E-state index in [-0.39, 0.29) is 30.3 Å². The normalized spacial score (nSPS) is 21.1. The van der Waals surface area contributed by atoms with Crippen molar-refractivity contribution in [3.63, 3.8) is 0 Å². The van der Waals surface area contributed by atoms with Crippen LogP contribution in [-0.2, 0) is 0 Å². The highest BCUT2D eigenvalue weighted by Gasteiger charge is 2.34. The number of amides is 1. The number of rotatable bonds is 2. The van der Waals surface area contributed by atoms with Crippen molar-refractivity contribution in [1.29, 1.82) is 0 Å². The van der Waals surface area contributed by atoms with Crippen molar-refractivity contribution in [1.82, 2.24) is 4.90 Å². The summed E-state index contributed by atoms with van der Waals surface area (Å²) in [6, 6.07) is 12.1. The van der Waals surface area contributed by atoms with E-state index in [1.807, 2.05) is 34.5 Å². The van der Waals surface area contributed by atoms with Crippen LogP contribution in [0.4, 0.5) is 0 Å². The minimum atomic E-state index is 0. The molecule has 21 heavy (non-hydrogen) atoms. The van der Waals surface area contributed by atoms with Crippen molar-refractivity contribution < 1.29 is 4.79 Å². The Morgan fingerprint density at radius 3 is 2.62 bits per heavy atom. The number of likely N-dealkylation sites (tertiary alicyclic amines) is 1. The second-order valence-electron chi connectivity index (χ2n) is 5.03. The van der Waals surface area contributed by atoms with Gasteiger partial charge in [-0.2, -0.15) is 0 Å². The molecule has 0 spiro atoms. The fourth-order valence-electron chi connectivity index (χ4n) is 2.65. The van der Waals surface area contributed by atoms with Crippen LogP contribution in [0.15, 0.2) is 45.6 Å². The molecule has 0 radical (unpaired) electrons. The van der Waals surface area contributed by atoms with Gasteiger partial charge in [-0.1, -0.05) is 30.3 Å². The fourth-order valence-corrected chi connectivity index (χ4v) is 3.78. The highest BCUT2D eigenvalue weighted by Crippen LogP contribution is 2.29. The molecule has 2 heterocycles. The molecule has 1 aliphatic rings. The zero-order valence-electron chi connectivity index (χ0n) is 11.2. The lowest BCUT2D eigenvalue weighted by molar-refractivity contribution is 0.0789. The Bertz CT molecular complexity index is 619. The van der Waals surface area contributed by atoms with Crippen molar-refractivity contribution in [3.8, 4) is 0 Å². The van der Waals surface area contributed by atoms with Crippen LogP contribution in [-0.4, -0.2) is 29.9 Å². The van der Waals surface area contributed by atoms with Crippen LogP contribution in [0.2, 0.25) is 0 Å². The monoisotopic (exact) mass is 386 g/mol. The molecule has 0 unspecified atom stereocenters. The minimum Gasteiger partial charge on any atom is -0.336 e. The summed E-state index contributed by atoms with van der Waals surface area (Å²) in [6.07, 6.45) is 0. The van der Waals surface area contributed by atoms with E-state index in [0.717, 1.165) is 9.35 Å². The third-order valence-electron chi connectivity index (χ3n) is 3.69. The Labute approximate surface area is 142 Å². The topological polar surface area (TPSA) is 46.3 Å². The van der Waals surface area contributed by atoms with Gasteiger partial charge >= 0.3 is 0 Å². The van der Waals surface area contributed by atoms with Crippen LogP contribution in [0.5, 0.6) is 0 Å². The first kappa shape index (κ1) is 16.5. The molecule has 1 fully saturated rings. The molecular formula is C15H16BrClN2OS. The highest BCUT2D eigenvalue weighted by molar-refractivity contribution is 9.11. The SMILES string of the molecule is Cl.N[C@@H]1CN(C(=O)c2csc(Br)c2)C[C@H]1c1ccccc1. The summed E-state index contributed by atoms with van der Waals surface area (Å²) in [5.74, 6) is 0.294. The number of benzene rings is 1. The number of carbonyl (C=O) groups excluding carboxylic acids is 1. The average molecular weight is 388 g/mol. The maximum absolute atomic E-state index is 12.4. The van der Waals surface area contributed by atoms with Gasteiger partial charge in [-0.15, -0.1) is 23.7 Å². The Morgan fingerprint density at radius 2 is 2.00 bits per heavy atom. The number of carbonyl (C=O) groups is 1. The molecule has 0 saturated carbocycles. The number of nitrogens with two attached hydrogens (primary N) is 1. The molecule has 3 nitrogen and oxygen atoms in total. The summed E-state index contributed by atoms with van der Waals surface area (Å²) in [6.45, 7) is 1.31. The quantitative estimate of drug-likeness (QED) is 0.857. The van der Waals surface area contributed by atoms with Gasteiger partial charge in [0, 0.05) is 30.4 Å². The molecule has 0 bridgehead atoms. The second-order valence-corrected chi connectivity index (χ2v) is 7.32. The predicted octanol–water partition coefficient (Wildman–Crippen LogP) is 3.50. The summed E-state index contributed by atoms with van der Waals surface area (Å²) < 4.78 is 0.976. The molecule has 1 amide bonds. The molecule has 2 atom stereocenters. The van der Waals surface area contributed by atoms with E-state index in [2.05, 4.69) is 28.1 Å². The predicted molar refractivity (Wildman–Crippen MR) is 92.3 cm³/mol. The summed E-state index contributed by atoms with van der Waals surface area (Å²) in [5, 5.41) is 1.88. The maximum Gasteiger partial charge on any atom is 0.254 e. The van der Waals surface area contributed by atoms with E-state index < -0.39 is 0 Å². The molecule has 1 saturated heterocycles. The Kier molecular flexibility index (Phi) is 5.43. The molecule has 2 N–H and O–H groups in total. The van der Waals surface area contributed by atoms with Gasteiger partial charge in [-0.25, -0.2) is 0 Å². The maximum atomic E-state index is 12.4. The largest absolute Gasteiger partial charge is 0.336 e. The van der Waals surface area contributed by atoms with Crippen molar-refractivity contribution in [2.75, 3.05) is 13.1 Å². The number of hydrogen-bond donors (Lipinski definition) is 1. The van der Waals surface area contributed by atoms with Gasteiger partial charge in [-0.05, 0) is 27.6 Å². The Balaban J connectivity index is 0.00000161. The Morgan fingerprint density at radius 1 is 1.29 bits per heavy atom. The summed E-state index contributed by atoms with van der Waals surface area (Å²) >= 11 is 4.92. The average Bonchev–Trinajstić information content (AvgIpc) is 3.05. The molecular weight excluding hydrogens is 372 g/mol. The van der Waals surface area contributed by atoms with Gasteiger partial charge < -0.3 is 10.6 Å². The van der Waals surface area contributed by atoms with E-state index in [1.165, 1.54) is 16.9 Å². The van der Waals surface area contributed by atoms with Crippen LogP contribution >= 0.6 is 39.7 Å². The standard InChI is InChI=1S/C15H15BrN2OS.ClH/c16-14-6-11(9-20-14)15(19)18-7-12(13(17)8-18)10-4-2-1-3-5-10;/h1-6,9,12-13H,7-8,17H2;1H/t12-,13+;/m0./s1. The summed E-state index contributed by atoms with van der Waals surface area (Å²) in [5.41, 5.74) is 8.17. The van der Waals surface area contributed by atoms with Crippen molar-refractivity contribution in [2.45, 2.75) is 12.0 Å². The molecule has 6 heteroatoms. The van der Waals surface area contributed by atoms with Gasteiger partial charge in [0.25, 0.3) is 5.91 Å². The molecule has 2 aromatic rings. The van der Waals surface area contributed by atoms with Gasteiger partial charge in [-0.3, -0.25) is 4.79 Å². The van der Waals surface area contributed by atoms with E-state index in [0.29, 0.717) is 13.1 Å². The molecule has 1 aromatic carbocycles. The van der Waals surface area contributed by atoms with Gasteiger partial charge in [0.15, 0.2) is 0 Å². The van der Waals surface area contributed by atoms with Crippen molar-refractivity contribution >= 4 is 45.6 Å². The highest BCUT2D eigenvalue weighted by atomic mass is 79.9. The van der Waals surface area contributed by atoms with Crippen LogP contribution in [0, 0.1) is 0 Å². The fraction of sp³-hybridized carbons (Fsp3) is 0.267. The van der Waals surface area contributed by atoms with E-state index in [1.54, 1.807) is 0 Å². The van der Waals surface area contributed by atoms with Gasteiger partial charge in [0.2, 0.25) is 0 Å². The van der Waals surface area contributed by atoms with Crippen LogP contribution in [0.3, 0.4) is 0 Å². The first-order valence-electron chi connectivity index (χ1n) is 6.49. The summed E-state index contributed by atoms with van der Waals surface area (Å²) in [4.78, 5) is 14.3. The number of nitrogens with zero attached hydrogens (tertiary/aromatic N) is 1. The first-order chi connectivity index (χ1) is 9.65. The smallest absolute Gasteiger partial charge is 0.254 e. The van der Waals surface area contributed by atoms with Crippen LogP contribution < -0.4 is 5.73 Å². The third-order valence-corrected chi connectivity index (χ3v) is 5.20. The zero-order valence-corrected chi connectivity index (χ0v) is 14.5. The molecule has 112 valence electrons. The lowest BCUT2D eigenvalue weighted by Crippen LogP contribution is -2.31. The van der Waals surface area contributed by atoms with Crippen LogP contribution in [0.1, 0.15) is 21.8 Å².